The molecule has 32 heavy (non-hydrogen) atoms. The minimum absolute atomic E-state index is 0.388. The van der Waals surface area contributed by atoms with Crippen LogP contribution >= 0.6 is 11.3 Å². The van der Waals surface area contributed by atoms with Crippen LogP contribution in [-0.4, -0.2) is 45.1 Å². The number of fused-ring (bicyclic) bond motifs is 1. The minimum Gasteiger partial charge on any atom is -0.359 e. The molecule has 1 aromatic carbocycles. The van der Waals surface area contributed by atoms with Gasteiger partial charge >= 0.3 is 0 Å². The molecule has 4 rings (SSSR count). The maximum absolute atomic E-state index is 12.3. The molecule has 2 aromatic heterocycles. The number of aromatic nitrogens is 2. The highest BCUT2D eigenvalue weighted by atomic mass is 32.2. The van der Waals surface area contributed by atoms with Crippen LogP contribution in [0.2, 0.25) is 0 Å². The van der Waals surface area contributed by atoms with Gasteiger partial charge in [0, 0.05) is 32.1 Å². The Kier molecular flexibility index (Phi) is 7.27. The second-order valence-electron chi connectivity index (χ2n) is 8.45. The van der Waals surface area contributed by atoms with Gasteiger partial charge < -0.3 is 10.2 Å². The van der Waals surface area contributed by atoms with Crippen molar-refractivity contribution >= 4 is 44.0 Å². The van der Waals surface area contributed by atoms with Crippen LogP contribution in [0.1, 0.15) is 32.6 Å². The number of nitrogens with zero attached hydrogens (tertiary/aromatic N) is 3. The maximum atomic E-state index is 12.3. The third kappa shape index (κ3) is 5.39. The van der Waals surface area contributed by atoms with E-state index in [4.69, 9.17) is 9.97 Å². The number of para-hydroxylation sites is 1. The van der Waals surface area contributed by atoms with Gasteiger partial charge in [-0.25, -0.2) is 18.1 Å². The van der Waals surface area contributed by atoms with Crippen LogP contribution in [0.4, 0.5) is 11.8 Å². The molecule has 0 unspecified atom stereocenters. The third-order valence-electron chi connectivity index (χ3n) is 6.26. The monoisotopic (exact) mass is 473 g/mol. The molecule has 2 heterocycles. The maximum Gasteiger partial charge on any atom is 0.250 e. The van der Waals surface area contributed by atoms with Gasteiger partial charge in [-0.1, -0.05) is 18.2 Å². The summed E-state index contributed by atoms with van der Waals surface area (Å²) in [6.45, 7) is 4.34. The molecule has 1 saturated carbocycles. The predicted octanol–water partition coefficient (Wildman–Crippen LogP) is 4.34. The van der Waals surface area contributed by atoms with Gasteiger partial charge in [0.15, 0.2) is 0 Å². The van der Waals surface area contributed by atoms with E-state index in [-0.39, 0.29) is 0 Å². The number of nitrogens with one attached hydrogen (secondary N) is 2. The zero-order valence-electron chi connectivity index (χ0n) is 18.6. The summed E-state index contributed by atoms with van der Waals surface area (Å²) < 4.78 is 27.8. The summed E-state index contributed by atoms with van der Waals surface area (Å²) in [5.74, 6) is 2.55. The Morgan fingerprint density at radius 1 is 1.03 bits per heavy atom. The quantitative estimate of drug-likeness (QED) is 0.481. The lowest BCUT2D eigenvalue weighted by molar-refractivity contribution is 0.284. The first kappa shape index (κ1) is 22.9. The van der Waals surface area contributed by atoms with Crippen molar-refractivity contribution in [2.24, 2.45) is 11.8 Å². The van der Waals surface area contributed by atoms with Crippen molar-refractivity contribution in [3.8, 4) is 0 Å². The molecule has 0 radical (unpaired) electrons. The van der Waals surface area contributed by atoms with Crippen LogP contribution in [0.5, 0.6) is 0 Å². The Balaban J connectivity index is 1.30. The van der Waals surface area contributed by atoms with Gasteiger partial charge in [0.1, 0.15) is 10.0 Å². The molecular weight excluding hydrogens is 442 g/mol. The summed E-state index contributed by atoms with van der Waals surface area (Å²) in [6.07, 6.45) is 4.21. The fourth-order valence-electron chi connectivity index (χ4n) is 4.17. The van der Waals surface area contributed by atoms with E-state index in [2.05, 4.69) is 27.9 Å². The highest BCUT2D eigenvalue weighted by Gasteiger charge is 2.24. The summed E-state index contributed by atoms with van der Waals surface area (Å²) in [5.41, 5.74) is 0.946. The van der Waals surface area contributed by atoms with Crippen LogP contribution in [-0.2, 0) is 10.0 Å². The lowest BCUT2D eigenvalue weighted by atomic mass is 9.82. The number of hydrogen-bond donors (Lipinski definition) is 2. The van der Waals surface area contributed by atoms with E-state index in [0.717, 1.165) is 55.5 Å². The minimum atomic E-state index is -3.37. The molecule has 7 nitrogen and oxygen atoms in total. The van der Waals surface area contributed by atoms with Crippen molar-refractivity contribution in [2.45, 2.75) is 36.8 Å². The SMILES string of the molecule is CCN(C)c1nc(NC[C@H]2CC[C@H](CNS(=O)(=O)c3cccs3)CC2)nc2ccccc12. The van der Waals surface area contributed by atoms with Crippen molar-refractivity contribution in [1.29, 1.82) is 0 Å². The van der Waals surface area contributed by atoms with Crippen molar-refractivity contribution < 1.29 is 8.42 Å². The number of benzene rings is 1. The second-order valence-corrected chi connectivity index (χ2v) is 11.4. The van der Waals surface area contributed by atoms with Crippen LogP contribution in [0, 0.1) is 11.8 Å². The molecule has 0 bridgehead atoms. The van der Waals surface area contributed by atoms with E-state index in [1.807, 2.05) is 25.2 Å². The molecular formula is C23H31N5O2S2. The van der Waals surface area contributed by atoms with E-state index < -0.39 is 10.0 Å². The van der Waals surface area contributed by atoms with Crippen molar-refractivity contribution in [3.63, 3.8) is 0 Å². The molecule has 0 atom stereocenters. The lowest BCUT2D eigenvalue weighted by Gasteiger charge is -2.28. The van der Waals surface area contributed by atoms with Crippen molar-refractivity contribution in [3.05, 3.63) is 41.8 Å². The van der Waals surface area contributed by atoms with Gasteiger partial charge in [0.25, 0.3) is 0 Å². The fourth-order valence-corrected chi connectivity index (χ4v) is 6.32. The summed E-state index contributed by atoms with van der Waals surface area (Å²) in [7, 11) is -1.32. The lowest BCUT2D eigenvalue weighted by Crippen LogP contribution is -2.32. The third-order valence-corrected chi connectivity index (χ3v) is 9.08. The second kappa shape index (κ2) is 10.1. The van der Waals surface area contributed by atoms with Crippen molar-refractivity contribution in [1.82, 2.24) is 14.7 Å². The smallest absolute Gasteiger partial charge is 0.250 e. The number of thiophene rings is 1. The van der Waals surface area contributed by atoms with Gasteiger partial charge in [-0.15, -0.1) is 11.3 Å². The average molecular weight is 474 g/mol. The van der Waals surface area contributed by atoms with Gasteiger partial charge in [-0.3, -0.25) is 0 Å². The van der Waals surface area contributed by atoms with Gasteiger partial charge in [0.2, 0.25) is 16.0 Å². The Hall–Kier alpha value is -2.23. The summed E-state index contributed by atoms with van der Waals surface area (Å²) in [4.78, 5) is 11.6. The molecule has 1 fully saturated rings. The molecule has 1 aliphatic carbocycles. The molecule has 3 aromatic rings. The van der Waals surface area contributed by atoms with Crippen LogP contribution in [0.15, 0.2) is 46.0 Å². The van der Waals surface area contributed by atoms with Gasteiger partial charge in [-0.2, -0.15) is 4.98 Å². The first-order chi connectivity index (χ1) is 15.5. The summed E-state index contributed by atoms with van der Waals surface area (Å²) in [5, 5.41) is 6.31. The topological polar surface area (TPSA) is 87.2 Å². The molecule has 2 N–H and O–H groups in total. The normalized spacial score (nSPS) is 19.2. The number of hydrogen-bond acceptors (Lipinski definition) is 7. The molecule has 0 saturated heterocycles. The molecule has 0 aliphatic heterocycles. The number of rotatable bonds is 9. The molecule has 1 aliphatic rings. The van der Waals surface area contributed by atoms with Crippen LogP contribution in [0.3, 0.4) is 0 Å². The Morgan fingerprint density at radius 3 is 2.44 bits per heavy atom. The van der Waals surface area contributed by atoms with E-state index in [9.17, 15) is 8.42 Å². The van der Waals surface area contributed by atoms with Gasteiger partial charge in [0.05, 0.1) is 5.52 Å². The van der Waals surface area contributed by atoms with Crippen LogP contribution < -0.4 is 14.9 Å². The van der Waals surface area contributed by atoms with E-state index in [1.54, 1.807) is 17.5 Å². The molecule has 9 heteroatoms. The molecule has 0 amide bonds. The van der Waals surface area contributed by atoms with Gasteiger partial charge in [-0.05, 0) is 68.0 Å². The molecule has 0 spiro atoms. The van der Waals surface area contributed by atoms with E-state index in [0.29, 0.717) is 28.5 Å². The van der Waals surface area contributed by atoms with E-state index in [1.165, 1.54) is 11.3 Å². The fraction of sp³-hybridized carbons (Fsp3) is 0.478. The number of sulfonamides is 1. The summed E-state index contributed by atoms with van der Waals surface area (Å²) >= 11 is 1.25. The standard InChI is InChI=1S/C23H31N5O2S2/c1-3-28(2)22-19-7-4-5-8-20(19)26-23(27-22)24-15-17-10-12-18(13-11-17)16-25-32(29,30)21-9-6-14-31-21/h4-9,14,17-18,25H,3,10-13,15-16H2,1-2H3,(H,24,26,27)/t17-,18-. The first-order valence-electron chi connectivity index (χ1n) is 11.2. The zero-order valence-corrected chi connectivity index (χ0v) is 20.3. The summed E-state index contributed by atoms with van der Waals surface area (Å²) in [6, 6.07) is 11.5. The largest absolute Gasteiger partial charge is 0.359 e. The van der Waals surface area contributed by atoms with Crippen LogP contribution in [0.25, 0.3) is 10.9 Å². The zero-order chi connectivity index (χ0) is 22.6. The highest BCUT2D eigenvalue weighted by molar-refractivity contribution is 7.91. The average Bonchev–Trinajstić information content (AvgIpc) is 3.37. The Morgan fingerprint density at radius 2 is 1.75 bits per heavy atom. The van der Waals surface area contributed by atoms with Crippen molar-refractivity contribution in [2.75, 3.05) is 36.9 Å². The number of anilines is 2. The first-order valence-corrected chi connectivity index (χ1v) is 13.6. The highest BCUT2D eigenvalue weighted by Crippen LogP contribution is 2.30. The Bertz CT molecular complexity index is 1130. The molecule has 172 valence electrons. The predicted molar refractivity (Wildman–Crippen MR) is 132 cm³/mol. The van der Waals surface area contributed by atoms with E-state index >= 15 is 0 Å². The Labute approximate surface area is 194 Å².